The number of hydrogen-bond donors (Lipinski definition) is 2. The van der Waals surface area contributed by atoms with Crippen LogP contribution in [0.15, 0.2) is 30.8 Å². The van der Waals surface area contributed by atoms with E-state index < -0.39 is 6.04 Å². The molecule has 0 saturated carbocycles. The average molecular weight is 328 g/mol. The molecule has 1 fully saturated rings. The van der Waals surface area contributed by atoms with Crippen molar-refractivity contribution in [2.45, 2.75) is 58.4 Å². The zero-order valence-electron chi connectivity index (χ0n) is 15.1. The standard InChI is InChI=1S/C20H28N2O2/c1-13(2)12-20(4,5)16-8-6-15(7-9-16)14(3)21-17-10-11-18(23)22-19(17)24/h6-9,13,17,21H,3,10-12H2,1-2,4-5H3,(H,22,23,24). The minimum Gasteiger partial charge on any atom is -0.374 e. The molecule has 4 heteroatoms. The van der Waals surface area contributed by atoms with Gasteiger partial charge in [0.25, 0.3) is 0 Å². The maximum atomic E-state index is 11.8. The highest BCUT2D eigenvalue weighted by molar-refractivity contribution is 6.00. The van der Waals surface area contributed by atoms with E-state index in [1.54, 1.807) is 0 Å². The lowest BCUT2D eigenvalue weighted by molar-refractivity contribution is -0.134. The van der Waals surface area contributed by atoms with E-state index in [-0.39, 0.29) is 17.2 Å². The van der Waals surface area contributed by atoms with E-state index in [1.165, 1.54) is 5.56 Å². The molecule has 0 radical (unpaired) electrons. The molecular weight excluding hydrogens is 300 g/mol. The topological polar surface area (TPSA) is 58.2 Å². The fourth-order valence-electron chi connectivity index (χ4n) is 3.39. The molecule has 2 amide bonds. The van der Waals surface area contributed by atoms with Crippen LogP contribution in [0.25, 0.3) is 5.70 Å². The quantitative estimate of drug-likeness (QED) is 0.787. The molecule has 0 bridgehead atoms. The lowest BCUT2D eigenvalue weighted by Gasteiger charge is -2.28. The third kappa shape index (κ3) is 4.47. The fraction of sp³-hybridized carbons (Fsp3) is 0.500. The minimum atomic E-state index is -0.396. The summed E-state index contributed by atoms with van der Waals surface area (Å²) in [7, 11) is 0. The maximum absolute atomic E-state index is 11.8. The van der Waals surface area contributed by atoms with Crippen LogP contribution in [-0.2, 0) is 15.0 Å². The monoisotopic (exact) mass is 328 g/mol. The van der Waals surface area contributed by atoms with Crippen molar-refractivity contribution < 1.29 is 9.59 Å². The SMILES string of the molecule is C=C(NC1CCC(=O)NC1=O)c1ccc(C(C)(C)CC(C)C)cc1. The predicted molar refractivity (Wildman–Crippen MR) is 97.3 cm³/mol. The number of imide groups is 1. The number of benzene rings is 1. The molecule has 2 rings (SSSR count). The molecule has 1 atom stereocenters. The van der Waals surface area contributed by atoms with Crippen LogP contribution in [0.4, 0.5) is 0 Å². The largest absolute Gasteiger partial charge is 0.374 e. The van der Waals surface area contributed by atoms with Gasteiger partial charge in [-0.05, 0) is 35.3 Å². The van der Waals surface area contributed by atoms with Gasteiger partial charge in [0.05, 0.1) is 0 Å². The van der Waals surface area contributed by atoms with Crippen LogP contribution in [-0.4, -0.2) is 17.9 Å². The van der Waals surface area contributed by atoms with Gasteiger partial charge in [-0.2, -0.15) is 0 Å². The summed E-state index contributed by atoms with van der Waals surface area (Å²) in [6.45, 7) is 13.0. The molecule has 24 heavy (non-hydrogen) atoms. The van der Waals surface area contributed by atoms with Crippen molar-refractivity contribution in [1.29, 1.82) is 0 Å². The first-order valence-electron chi connectivity index (χ1n) is 8.59. The van der Waals surface area contributed by atoms with E-state index in [1.807, 2.05) is 12.1 Å². The number of carbonyl (C=O) groups is 2. The average Bonchev–Trinajstić information content (AvgIpc) is 2.49. The Bertz CT molecular complexity index is 630. The summed E-state index contributed by atoms with van der Waals surface area (Å²) in [5.74, 6) is 0.159. The Balaban J connectivity index is 2.03. The van der Waals surface area contributed by atoms with Crippen molar-refractivity contribution >= 4 is 17.5 Å². The highest BCUT2D eigenvalue weighted by atomic mass is 16.2. The second-order valence-electron chi connectivity index (χ2n) is 7.69. The zero-order valence-corrected chi connectivity index (χ0v) is 15.1. The molecule has 130 valence electrons. The van der Waals surface area contributed by atoms with Crippen molar-refractivity contribution in [3.63, 3.8) is 0 Å². The lowest BCUT2D eigenvalue weighted by Crippen LogP contribution is -2.49. The Kier molecular flexibility index (Phi) is 5.47. The van der Waals surface area contributed by atoms with Gasteiger partial charge in [-0.15, -0.1) is 0 Å². The molecule has 1 saturated heterocycles. The summed E-state index contributed by atoms with van der Waals surface area (Å²) in [6.07, 6.45) is 1.99. The van der Waals surface area contributed by atoms with Crippen LogP contribution in [0.3, 0.4) is 0 Å². The second-order valence-corrected chi connectivity index (χ2v) is 7.69. The number of carbonyl (C=O) groups excluding carboxylic acids is 2. The molecular formula is C20H28N2O2. The van der Waals surface area contributed by atoms with E-state index in [4.69, 9.17) is 0 Å². The molecule has 0 spiro atoms. The summed E-state index contributed by atoms with van der Waals surface area (Å²) >= 11 is 0. The highest BCUT2D eigenvalue weighted by Gasteiger charge is 2.27. The van der Waals surface area contributed by atoms with Gasteiger partial charge in [0.15, 0.2) is 0 Å². The Morgan fingerprint density at radius 1 is 1.29 bits per heavy atom. The van der Waals surface area contributed by atoms with Gasteiger partial charge in [-0.1, -0.05) is 58.5 Å². The van der Waals surface area contributed by atoms with Gasteiger partial charge in [-0.25, -0.2) is 0 Å². The molecule has 2 N–H and O–H groups in total. The summed E-state index contributed by atoms with van der Waals surface area (Å²) in [6, 6.07) is 7.95. The van der Waals surface area contributed by atoms with Gasteiger partial charge in [0.2, 0.25) is 11.8 Å². The van der Waals surface area contributed by atoms with Crippen LogP contribution in [0.2, 0.25) is 0 Å². The van der Waals surface area contributed by atoms with Crippen molar-refractivity contribution in [3.05, 3.63) is 42.0 Å². The van der Waals surface area contributed by atoms with Crippen LogP contribution in [0.5, 0.6) is 0 Å². The van der Waals surface area contributed by atoms with E-state index in [0.29, 0.717) is 24.5 Å². The Morgan fingerprint density at radius 3 is 2.46 bits per heavy atom. The molecule has 1 unspecified atom stereocenters. The van der Waals surface area contributed by atoms with Crippen LogP contribution in [0.1, 0.15) is 58.1 Å². The van der Waals surface area contributed by atoms with Crippen LogP contribution in [0, 0.1) is 5.92 Å². The second kappa shape index (κ2) is 7.20. The number of nitrogens with one attached hydrogen (secondary N) is 2. The van der Waals surface area contributed by atoms with E-state index in [9.17, 15) is 9.59 Å². The van der Waals surface area contributed by atoms with E-state index >= 15 is 0 Å². The van der Waals surface area contributed by atoms with Crippen LogP contribution >= 0.6 is 0 Å². The molecule has 1 aliphatic rings. The van der Waals surface area contributed by atoms with Crippen molar-refractivity contribution in [3.8, 4) is 0 Å². The van der Waals surface area contributed by atoms with Gasteiger partial charge in [-0.3, -0.25) is 14.9 Å². The van der Waals surface area contributed by atoms with Gasteiger partial charge in [0.1, 0.15) is 6.04 Å². The molecule has 1 aromatic rings. The first-order valence-corrected chi connectivity index (χ1v) is 8.59. The maximum Gasteiger partial charge on any atom is 0.249 e. The third-order valence-electron chi connectivity index (χ3n) is 4.52. The van der Waals surface area contributed by atoms with E-state index in [0.717, 1.165) is 12.0 Å². The van der Waals surface area contributed by atoms with Gasteiger partial charge >= 0.3 is 0 Å². The molecule has 1 aromatic carbocycles. The number of rotatable bonds is 6. The summed E-state index contributed by atoms with van der Waals surface area (Å²) in [4.78, 5) is 23.0. The van der Waals surface area contributed by atoms with Crippen molar-refractivity contribution in [2.24, 2.45) is 5.92 Å². The predicted octanol–water partition coefficient (Wildman–Crippen LogP) is 3.38. The van der Waals surface area contributed by atoms with Crippen molar-refractivity contribution in [1.82, 2.24) is 10.6 Å². The first kappa shape index (κ1) is 18.2. The molecule has 1 heterocycles. The lowest BCUT2D eigenvalue weighted by atomic mass is 9.78. The Labute approximate surface area is 144 Å². The molecule has 0 aliphatic carbocycles. The zero-order chi connectivity index (χ0) is 17.9. The normalized spacial score (nSPS) is 18.5. The van der Waals surface area contributed by atoms with E-state index in [2.05, 4.69) is 57.0 Å². The summed E-state index contributed by atoms with van der Waals surface area (Å²) < 4.78 is 0. The number of piperidine rings is 1. The van der Waals surface area contributed by atoms with Gasteiger partial charge in [0, 0.05) is 12.1 Å². The third-order valence-corrected chi connectivity index (χ3v) is 4.52. The smallest absolute Gasteiger partial charge is 0.249 e. The summed E-state index contributed by atoms with van der Waals surface area (Å²) in [5.41, 5.74) is 3.10. The number of amides is 2. The first-order chi connectivity index (χ1) is 11.2. The fourth-order valence-corrected chi connectivity index (χ4v) is 3.39. The minimum absolute atomic E-state index is 0.130. The Morgan fingerprint density at radius 2 is 1.92 bits per heavy atom. The molecule has 4 nitrogen and oxygen atoms in total. The summed E-state index contributed by atoms with van der Waals surface area (Å²) in [5, 5.41) is 5.49. The molecule has 0 aromatic heterocycles. The van der Waals surface area contributed by atoms with Crippen molar-refractivity contribution in [2.75, 3.05) is 0 Å². The highest BCUT2D eigenvalue weighted by Crippen LogP contribution is 2.31. The van der Waals surface area contributed by atoms with Gasteiger partial charge < -0.3 is 5.32 Å². The Hall–Kier alpha value is -2.10. The molecule has 1 aliphatic heterocycles. The van der Waals surface area contributed by atoms with Crippen LogP contribution < -0.4 is 10.6 Å². The number of hydrogen-bond acceptors (Lipinski definition) is 3.